The number of aliphatic hydroxyl groups is 2. The van der Waals surface area contributed by atoms with Crippen LogP contribution in [-0.4, -0.2) is 32.5 Å². The summed E-state index contributed by atoms with van der Waals surface area (Å²) in [6.45, 7) is -0.107. The Labute approximate surface area is 117 Å². The minimum atomic E-state index is -0.621. The Hall–Kier alpha value is -1.18. The zero-order valence-electron chi connectivity index (χ0n) is 10.1. The van der Waals surface area contributed by atoms with E-state index in [4.69, 9.17) is 5.11 Å². The van der Waals surface area contributed by atoms with Gasteiger partial charge in [0, 0.05) is 24.8 Å². The van der Waals surface area contributed by atoms with Crippen molar-refractivity contribution in [2.45, 2.75) is 25.0 Å². The molecule has 7 heteroatoms. The van der Waals surface area contributed by atoms with E-state index < -0.39 is 17.4 Å². The van der Waals surface area contributed by atoms with Crippen molar-refractivity contribution in [2.75, 3.05) is 6.61 Å². The summed E-state index contributed by atoms with van der Waals surface area (Å²) in [5.41, 5.74) is -0.583. The molecule has 1 heterocycles. The molecule has 1 saturated carbocycles. The van der Waals surface area contributed by atoms with Gasteiger partial charge in [-0.25, -0.2) is 4.79 Å². The Balaban J connectivity index is 2.38. The third-order valence-corrected chi connectivity index (χ3v) is 3.76. The van der Waals surface area contributed by atoms with Crippen LogP contribution in [0, 0.1) is 5.92 Å². The van der Waals surface area contributed by atoms with Gasteiger partial charge in [0.05, 0.1) is 11.7 Å². The summed E-state index contributed by atoms with van der Waals surface area (Å²) in [6.07, 6.45) is 3.32. The van der Waals surface area contributed by atoms with Crippen molar-refractivity contribution < 1.29 is 10.2 Å². The van der Waals surface area contributed by atoms with Crippen molar-refractivity contribution in [3.63, 3.8) is 0 Å². The normalized spacial score (nSPS) is 27.2. The molecule has 1 aromatic rings. The summed E-state index contributed by atoms with van der Waals surface area (Å²) >= 11 is 3.08. The monoisotopic (exact) mass is 330 g/mol. The van der Waals surface area contributed by atoms with E-state index in [9.17, 15) is 14.7 Å². The van der Waals surface area contributed by atoms with Crippen LogP contribution < -0.4 is 11.2 Å². The number of aromatic nitrogens is 2. The van der Waals surface area contributed by atoms with E-state index in [0.29, 0.717) is 18.4 Å². The molecule has 19 heavy (non-hydrogen) atoms. The van der Waals surface area contributed by atoms with Gasteiger partial charge in [-0.1, -0.05) is 15.9 Å². The van der Waals surface area contributed by atoms with E-state index in [2.05, 4.69) is 20.9 Å². The summed E-state index contributed by atoms with van der Waals surface area (Å²) in [7, 11) is 0. The van der Waals surface area contributed by atoms with Crippen molar-refractivity contribution >= 4 is 22.0 Å². The van der Waals surface area contributed by atoms with Crippen molar-refractivity contribution in [1.29, 1.82) is 0 Å². The van der Waals surface area contributed by atoms with Gasteiger partial charge in [0.1, 0.15) is 0 Å². The van der Waals surface area contributed by atoms with Crippen molar-refractivity contribution in [3.8, 4) is 0 Å². The number of nitrogens with one attached hydrogen (secondary N) is 1. The summed E-state index contributed by atoms with van der Waals surface area (Å²) in [5, 5.41) is 18.9. The molecule has 0 unspecified atom stereocenters. The Bertz CT molecular complexity index is 592. The summed E-state index contributed by atoms with van der Waals surface area (Å²) in [4.78, 5) is 27.2. The molecule has 0 spiro atoms. The van der Waals surface area contributed by atoms with Crippen LogP contribution in [0.15, 0.2) is 20.8 Å². The molecule has 1 fully saturated rings. The molecular weight excluding hydrogens is 316 g/mol. The smallest absolute Gasteiger partial charge is 0.328 e. The summed E-state index contributed by atoms with van der Waals surface area (Å²) in [5.74, 6) is -0.223. The van der Waals surface area contributed by atoms with Crippen LogP contribution in [0.4, 0.5) is 0 Å². The topological polar surface area (TPSA) is 95.3 Å². The third-order valence-electron chi connectivity index (χ3n) is 3.50. The van der Waals surface area contributed by atoms with Crippen LogP contribution in [-0.2, 0) is 0 Å². The van der Waals surface area contributed by atoms with E-state index in [1.54, 1.807) is 6.08 Å². The Morgan fingerprint density at radius 3 is 2.79 bits per heavy atom. The van der Waals surface area contributed by atoms with E-state index in [1.807, 2.05) is 0 Å². The van der Waals surface area contributed by atoms with Gasteiger partial charge in [-0.15, -0.1) is 0 Å². The largest absolute Gasteiger partial charge is 0.396 e. The SMILES string of the molecule is O=c1[nH]c(=O)n([C@H]2C[C@@H](CO)[C@H](O)C2)cc1/C=C/Br. The molecule has 3 atom stereocenters. The first-order valence-corrected chi connectivity index (χ1v) is 6.89. The predicted molar refractivity (Wildman–Crippen MR) is 74.1 cm³/mol. The maximum atomic E-state index is 11.8. The second-order valence-corrected chi connectivity index (χ2v) is 5.21. The lowest BCUT2D eigenvalue weighted by Gasteiger charge is -2.13. The standard InChI is InChI=1S/C12H15BrN2O4/c13-2-1-7-5-15(12(19)14-11(7)18)9-3-8(6-16)10(17)4-9/h1-2,5,8-10,16-17H,3-4,6H2,(H,14,18,19)/b2-1+/t8-,9-,10+/m0/s1. The molecule has 6 nitrogen and oxygen atoms in total. The number of rotatable bonds is 3. The summed E-state index contributed by atoms with van der Waals surface area (Å²) in [6, 6.07) is -0.209. The highest BCUT2D eigenvalue weighted by Crippen LogP contribution is 2.33. The zero-order chi connectivity index (χ0) is 14.0. The van der Waals surface area contributed by atoms with Gasteiger partial charge in [0.2, 0.25) is 0 Å². The van der Waals surface area contributed by atoms with Gasteiger partial charge in [0.25, 0.3) is 5.56 Å². The third kappa shape index (κ3) is 2.88. The lowest BCUT2D eigenvalue weighted by atomic mass is 10.1. The van der Waals surface area contributed by atoms with Crippen molar-refractivity contribution in [2.24, 2.45) is 5.92 Å². The van der Waals surface area contributed by atoms with Gasteiger partial charge in [-0.3, -0.25) is 14.3 Å². The van der Waals surface area contributed by atoms with Crippen molar-refractivity contribution in [1.82, 2.24) is 9.55 Å². The number of aromatic amines is 1. The quantitative estimate of drug-likeness (QED) is 0.738. The number of H-pyrrole nitrogens is 1. The molecule has 1 aliphatic rings. The highest BCUT2D eigenvalue weighted by Gasteiger charge is 2.34. The first-order chi connectivity index (χ1) is 9.06. The average molecular weight is 331 g/mol. The van der Waals surface area contributed by atoms with Gasteiger partial charge in [0.15, 0.2) is 0 Å². The maximum Gasteiger partial charge on any atom is 0.328 e. The molecule has 2 rings (SSSR count). The van der Waals surface area contributed by atoms with Crippen LogP contribution in [0.25, 0.3) is 6.08 Å². The molecular formula is C12H15BrN2O4. The first kappa shape index (κ1) is 14.2. The minimum absolute atomic E-state index is 0.107. The van der Waals surface area contributed by atoms with E-state index in [0.717, 1.165) is 0 Å². The molecule has 1 aliphatic carbocycles. The van der Waals surface area contributed by atoms with E-state index in [1.165, 1.54) is 15.7 Å². The molecule has 0 aromatic carbocycles. The molecule has 1 aromatic heterocycles. The Morgan fingerprint density at radius 1 is 1.47 bits per heavy atom. The number of halogens is 1. The second kappa shape index (κ2) is 5.85. The van der Waals surface area contributed by atoms with E-state index in [-0.39, 0.29) is 18.6 Å². The Morgan fingerprint density at radius 2 is 2.21 bits per heavy atom. The van der Waals surface area contributed by atoms with Crippen LogP contribution in [0.1, 0.15) is 24.4 Å². The van der Waals surface area contributed by atoms with Crippen LogP contribution in [0.5, 0.6) is 0 Å². The second-order valence-electron chi connectivity index (χ2n) is 4.68. The van der Waals surface area contributed by atoms with Crippen LogP contribution in [0.3, 0.4) is 0 Å². The van der Waals surface area contributed by atoms with E-state index >= 15 is 0 Å². The molecule has 0 bridgehead atoms. The molecule has 0 radical (unpaired) electrons. The highest BCUT2D eigenvalue weighted by molar-refractivity contribution is 9.11. The summed E-state index contributed by atoms with van der Waals surface area (Å²) < 4.78 is 1.42. The number of hydrogen-bond donors (Lipinski definition) is 3. The maximum absolute atomic E-state index is 11.8. The fourth-order valence-corrected chi connectivity index (χ4v) is 2.74. The molecule has 104 valence electrons. The minimum Gasteiger partial charge on any atom is -0.396 e. The Kier molecular flexibility index (Phi) is 4.38. The molecule has 0 saturated heterocycles. The average Bonchev–Trinajstić information content (AvgIpc) is 2.74. The fraction of sp³-hybridized carbons (Fsp3) is 0.500. The molecule has 3 N–H and O–H groups in total. The lowest BCUT2D eigenvalue weighted by molar-refractivity contribution is 0.0906. The lowest BCUT2D eigenvalue weighted by Crippen LogP contribution is -2.32. The zero-order valence-corrected chi connectivity index (χ0v) is 11.7. The number of nitrogens with zero attached hydrogens (tertiary/aromatic N) is 1. The van der Waals surface area contributed by atoms with Gasteiger partial charge in [-0.05, 0) is 23.9 Å². The highest BCUT2D eigenvalue weighted by atomic mass is 79.9. The number of hydrogen-bond acceptors (Lipinski definition) is 4. The molecule has 0 aliphatic heterocycles. The van der Waals surface area contributed by atoms with Gasteiger partial charge in [-0.2, -0.15) is 0 Å². The predicted octanol–water partition coefficient (Wildman–Crippen LogP) is 0.207. The molecule has 0 amide bonds. The van der Waals surface area contributed by atoms with Gasteiger partial charge < -0.3 is 10.2 Å². The first-order valence-electron chi connectivity index (χ1n) is 5.98. The van der Waals surface area contributed by atoms with Crippen LogP contribution >= 0.6 is 15.9 Å². The van der Waals surface area contributed by atoms with Crippen LogP contribution in [0.2, 0.25) is 0 Å². The van der Waals surface area contributed by atoms with Gasteiger partial charge >= 0.3 is 5.69 Å². The number of aliphatic hydroxyl groups excluding tert-OH is 2. The van der Waals surface area contributed by atoms with Crippen molar-refractivity contribution in [3.05, 3.63) is 37.6 Å². The fourth-order valence-electron chi connectivity index (χ4n) is 2.46.